The third kappa shape index (κ3) is 2.97. The highest BCUT2D eigenvalue weighted by Gasteiger charge is 2.34. The molecule has 2 aliphatic heterocycles. The van der Waals surface area contributed by atoms with E-state index in [2.05, 4.69) is 5.32 Å². The molecule has 17 heavy (non-hydrogen) atoms. The maximum Gasteiger partial charge on any atom is 0.282 e. The first-order valence-electron chi connectivity index (χ1n) is 6.18. The second kappa shape index (κ2) is 5.62. The molecule has 1 atom stereocenters. The molecule has 0 aromatic carbocycles. The van der Waals surface area contributed by atoms with Gasteiger partial charge < -0.3 is 10.1 Å². The van der Waals surface area contributed by atoms with E-state index in [-0.39, 0.29) is 6.04 Å². The smallest absolute Gasteiger partial charge is 0.282 e. The van der Waals surface area contributed by atoms with Crippen molar-refractivity contribution in [3.05, 3.63) is 0 Å². The first kappa shape index (κ1) is 13.2. The number of hydrogen-bond acceptors (Lipinski definition) is 4. The molecule has 6 nitrogen and oxygen atoms in total. The van der Waals surface area contributed by atoms with Crippen molar-refractivity contribution >= 4 is 10.2 Å². The minimum atomic E-state index is -3.31. The van der Waals surface area contributed by atoms with Gasteiger partial charge in [0.05, 0.1) is 13.2 Å². The number of hydrogen-bond donors (Lipinski definition) is 1. The van der Waals surface area contributed by atoms with E-state index < -0.39 is 10.2 Å². The van der Waals surface area contributed by atoms with Gasteiger partial charge in [0.2, 0.25) is 0 Å². The van der Waals surface area contributed by atoms with Gasteiger partial charge in [0, 0.05) is 32.2 Å². The lowest BCUT2D eigenvalue weighted by molar-refractivity contribution is 0.0364. The van der Waals surface area contributed by atoms with Crippen molar-refractivity contribution in [2.24, 2.45) is 0 Å². The third-order valence-corrected chi connectivity index (χ3v) is 5.38. The fraction of sp³-hybridized carbons (Fsp3) is 1.00. The Morgan fingerprint density at radius 3 is 2.82 bits per heavy atom. The summed E-state index contributed by atoms with van der Waals surface area (Å²) < 4.78 is 33.4. The van der Waals surface area contributed by atoms with E-state index in [1.807, 2.05) is 6.92 Å². The Kier molecular flexibility index (Phi) is 4.37. The zero-order valence-electron chi connectivity index (χ0n) is 10.3. The van der Waals surface area contributed by atoms with Crippen molar-refractivity contribution in [2.75, 3.05) is 45.9 Å². The summed E-state index contributed by atoms with van der Waals surface area (Å²) in [6.07, 6.45) is 0.873. The van der Waals surface area contributed by atoms with Crippen LogP contribution < -0.4 is 5.32 Å². The van der Waals surface area contributed by atoms with Crippen LogP contribution in [0.3, 0.4) is 0 Å². The Morgan fingerprint density at radius 1 is 1.24 bits per heavy atom. The topological polar surface area (TPSA) is 61.9 Å². The van der Waals surface area contributed by atoms with Crippen LogP contribution in [0.25, 0.3) is 0 Å². The molecule has 0 radical (unpaired) electrons. The zero-order valence-corrected chi connectivity index (χ0v) is 11.1. The number of nitrogens with one attached hydrogen (secondary N) is 1. The molecule has 7 heteroatoms. The maximum absolute atomic E-state index is 12.5. The second-order valence-electron chi connectivity index (χ2n) is 4.55. The van der Waals surface area contributed by atoms with Gasteiger partial charge >= 0.3 is 0 Å². The molecule has 1 N–H and O–H groups in total. The lowest BCUT2D eigenvalue weighted by atomic mass is 10.3. The highest BCUT2D eigenvalue weighted by atomic mass is 32.2. The van der Waals surface area contributed by atoms with Crippen LogP contribution in [0.15, 0.2) is 0 Å². The molecule has 100 valence electrons. The molecule has 0 aliphatic carbocycles. The van der Waals surface area contributed by atoms with E-state index in [9.17, 15) is 8.42 Å². The van der Waals surface area contributed by atoms with Crippen LogP contribution in [-0.4, -0.2) is 69.0 Å². The van der Waals surface area contributed by atoms with E-state index >= 15 is 0 Å². The first-order chi connectivity index (χ1) is 8.12. The summed E-state index contributed by atoms with van der Waals surface area (Å²) in [6.45, 7) is 6.15. The van der Waals surface area contributed by atoms with Crippen LogP contribution in [0.4, 0.5) is 0 Å². The van der Waals surface area contributed by atoms with Crippen LogP contribution in [0.2, 0.25) is 0 Å². The molecule has 2 aliphatic rings. The molecule has 2 fully saturated rings. The van der Waals surface area contributed by atoms with Crippen molar-refractivity contribution in [3.63, 3.8) is 0 Å². The van der Waals surface area contributed by atoms with E-state index in [0.29, 0.717) is 32.8 Å². The summed E-state index contributed by atoms with van der Waals surface area (Å²) in [4.78, 5) is 0. The summed E-state index contributed by atoms with van der Waals surface area (Å²) in [6, 6.07) is -0.0648. The van der Waals surface area contributed by atoms with Crippen molar-refractivity contribution < 1.29 is 13.2 Å². The molecule has 2 heterocycles. The minimum Gasteiger partial charge on any atom is -0.378 e. The molecule has 0 aromatic heterocycles. The van der Waals surface area contributed by atoms with Gasteiger partial charge in [0.25, 0.3) is 10.2 Å². The minimum absolute atomic E-state index is 0.0648. The number of nitrogens with zero attached hydrogens (tertiary/aromatic N) is 2. The maximum atomic E-state index is 12.5. The number of ether oxygens (including phenoxy) is 1. The lowest BCUT2D eigenvalue weighted by Crippen LogP contribution is -2.53. The van der Waals surface area contributed by atoms with E-state index in [0.717, 1.165) is 19.5 Å². The van der Waals surface area contributed by atoms with Gasteiger partial charge in [0.1, 0.15) is 0 Å². The van der Waals surface area contributed by atoms with Crippen LogP contribution in [0, 0.1) is 0 Å². The summed E-state index contributed by atoms with van der Waals surface area (Å²) in [5, 5.41) is 3.21. The molecule has 0 bridgehead atoms. The second-order valence-corrected chi connectivity index (χ2v) is 6.43. The van der Waals surface area contributed by atoms with Crippen LogP contribution in [0.5, 0.6) is 0 Å². The van der Waals surface area contributed by atoms with Crippen molar-refractivity contribution in [3.8, 4) is 0 Å². The summed E-state index contributed by atoms with van der Waals surface area (Å²) in [5.41, 5.74) is 0. The summed E-state index contributed by atoms with van der Waals surface area (Å²) in [7, 11) is -3.31. The van der Waals surface area contributed by atoms with Crippen molar-refractivity contribution in [1.82, 2.24) is 13.9 Å². The number of morpholine rings is 1. The summed E-state index contributed by atoms with van der Waals surface area (Å²) in [5.74, 6) is 0. The molecule has 0 amide bonds. The molecule has 0 aromatic rings. The van der Waals surface area contributed by atoms with Crippen LogP contribution in [0.1, 0.15) is 13.3 Å². The predicted octanol–water partition coefficient (Wildman–Crippen LogP) is -0.753. The Balaban J connectivity index is 2.10. The van der Waals surface area contributed by atoms with E-state index in [4.69, 9.17) is 4.74 Å². The molecule has 2 rings (SSSR count). The Bertz CT molecular complexity index is 339. The Hall–Kier alpha value is -0.210. The van der Waals surface area contributed by atoms with Gasteiger partial charge in [-0.1, -0.05) is 0 Å². The van der Waals surface area contributed by atoms with E-state index in [1.54, 1.807) is 8.61 Å². The largest absolute Gasteiger partial charge is 0.378 e. The fourth-order valence-electron chi connectivity index (χ4n) is 2.25. The predicted molar refractivity (Wildman–Crippen MR) is 65.0 cm³/mol. The van der Waals surface area contributed by atoms with Crippen LogP contribution >= 0.6 is 0 Å². The standard InChI is InChI=1S/C10H21N3O3S/c1-10-9-16-8-7-13(10)17(14,15)12-5-2-3-11-4-6-12/h10-11H,2-9H2,1H3. The molecular formula is C10H21N3O3S. The molecule has 1 unspecified atom stereocenters. The molecule has 2 saturated heterocycles. The molecular weight excluding hydrogens is 242 g/mol. The normalized spacial score (nSPS) is 30.1. The highest BCUT2D eigenvalue weighted by Crippen LogP contribution is 2.16. The number of rotatable bonds is 2. The highest BCUT2D eigenvalue weighted by molar-refractivity contribution is 7.86. The van der Waals surface area contributed by atoms with Gasteiger partial charge in [-0.25, -0.2) is 0 Å². The SMILES string of the molecule is CC1COCCN1S(=O)(=O)N1CCCNCC1. The van der Waals surface area contributed by atoms with Gasteiger partial charge in [0.15, 0.2) is 0 Å². The quantitative estimate of drug-likeness (QED) is 0.712. The van der Waals surface area contributed by atoms with Gasteiger partial charge in [-0.05, 0) is 19.9 Å². The van der Waals surface area contributed by atoms with Crippen LogP contribution in [-0.2, 0) is 14.9 Å². The lowest BCUT2D eigenvalue weighted by Gasteiger charge is -2.35. The Morgan fingerprint density at radius 2 is 2.06 bits per heavy atom. The first-order valence-corrected chi connectivity index (χ1v) is 7.57. The van der Waals surface area contributed by atoms with Gasteiger partial charge in [-0.3, -0.25) is 0 Å². The summed E-state index contributed by atoms with van der Waals surface area (Å²) >= 11 is 0. The average molecular weight is 263 g/mol. The van der Waals surface area contributed by atoms with E-state index in [1.165, 1.54) is 0 Å². The van der Waals surface area contributed by atoms with Crippen molar-refractivity contribution in [2.45, 2.75) is 19.4 Å². The van der Waals surface area contributed by atoms with Gasteiger partial charge in [-0.2, -0.15) is 17.0 Å². The molecule has 0 spiro atoms. The monoisotopic (exact) mass is 263 g/mol. The fourth-order valence-corrected chi connectivity index (χ4v) is 4.05. The third-order valence-electron chi connectivity index (χ3n) is 3.23. The average Bonchev–Trinajstić information content (AvgIpc) is 2.58. The van der Waals surface area contributed by atoms with Gasteiger partial charge in [-0.15, -0.1) is 0 Å². The Labute approximate surface area is 103 Å². The molecule has 0 saturated carbocycles. The van der Waals surface area contributed by atoms with Crippen molar-refractivity contribution in [1.29, 1.82) is 0 Å². The zero-order chi connectivity index (χ0) is 12.3.